The molecule has 1 aliphatic rings. The van der Waals surface area contributed by atoms with Crippen LogP contribution in [0.5, 0.6) is 0 Å². The van der Waals surface area contributed by atoms with Gasteiger partial charge in [-0.15, -0.1) is 0 Å². The lowest BCUT2D eigenvalue weighted by atomic mass is 9.96. The summed E-state index contributed by atoms with van der Waals surface area (Å²) in [4.78, 5) is 0.271. The summed E-state index contributed by atoms with van der Waals surface area (Å²) in [6.07, 6.45) is 4.83. The minimum absolute atomic E-state index is 0.0505. The van der Waals surface area contributed by atoms with Crippen molar-refractivity contribution in [1.82, 2.24) is 4.72 Å². The predicted molar refractivity (Wildman–Crippen MR) is 82.0 cm³/mol. The Balaban J connectivity index is 1.88. The highest BCUT2D eigenvalue weighted by Crippen LogP contribution is 2.25. The average Bonchev–Trinajstić information content (AvgIpc) is 2.40. The summed E-state index contributed by atoms with van der Waals surface area (Å²) in [6, 6.07) is 9.78. The molecule has 0 aliphatic heterocycles. The third-order valence-corrected chi connectivity index (χ3v) is 6.01. The van der Waals surface area contributed by atoms with Crippen LogP contribution in [0.15, 0.2) is 30.3 Å². The Labute approximate surface area is 124 Å². The van der Waals surface area contributed by atoms with Crippen LogP contribution in [-0.4, -0.2) is 25.0 Å². The molecule has 1 fully saturated rings. The lowest BCUT2D eigenvalue weighted by molar-refractivity contribution is 0.427. The fraction of sp³-hybridized carbons (Fsp3) is 0.571. The monoisotopic (exact) mass is 345 g/mol. The smallest absolute Gasteiger partial charge is 0.212 e. The highest BCUT2D eigenvalue weighted by molar-refractivity contribution is 9.09. The summed E-state index contributed by atoms with van der Waals surface area (Å²) >= 11 is 3.58. The van der Waals surface area contributed by atoms with E-state index < -0.39 is 10.0 Å². The molecule has 0 aromatic heterocycles. The van der Waals surface area contributed by atoms with Gasteiger partial charge in [0.1, 0.15) is 0 Å². The molecule has 19 heavy (non-hydrogen) atoms. The van der Waals surface area contributed by atoms with Crippen molar-refractivity contribution in [1.29, 1.82) is 0 Å². The number of nitrogens with one attached hydrogen (secondary N) is 1. The van der Waals surface area contributed by atoms with Crippen LogP contribution in [0.2, 0.25) is 0 Å². The van der Waals surface area contributed by atoms with Gasteiger partial charge in [0.15, 0.2) is 0 Å². The van der Waals surface area contributed by atoms with Crippen LogP contribution in [-0.2, 0) is 16.4 Å². The molecular weight excluding hydrogens is 326 g/mol. The third-order valence-electron chi connectivity index (χ3n) is 3.51. The minimum Gasteiger partial charge on any atom is -0.212 e. The molecular formula is C14H20BrNO2S. The van der Waals surface area contributed by atoms with E-state index in [1.807, 2.05) is 30.3 Å². The molecule has 2 atom stereocenters. The number of hydrogen-bond acceptors (Lipinski definition) is 2. The second kappa shape index (κ2) is 6.86. The number of benzene rings is 1. The normalized spacial score (nSPS) is 24.3. The van der Waals surface area contributed by atoms with Crippen LogP contribution < -0.4 is 4.72 Å². The number of sulfonamides is 1. The molecule has 0 amide bonds. The number of alkyl halides is 1. The average molecular weight is 346 g/mol. The Morgan fingerprint density at radius 2 is 1.84 bits per heavy atom. The second-order valence-electron chi connectivity index (χ2n) is 5.08. The molecule has 0 bridgehead atoms. The number of aryl methyl sites for hydroxylation is 1. The Kier molecular flexibility index (Phi) is 5.42. The van der Waals surface area contributed by atoms with Crippen LogP contribution in [0.1, 0.15) is 31.2 Å². The lowest BCUT2D eigenvalue weighted by Crippen LogP contribution is -2.43. The Morgan fingerprint density at radius 1 is 1.16 bits per heavy atom. The highest BCUT2D eigenvalue weighted by Gasteiger charge is 2.26. The first-order valence-electron chi connectivity index (χ1n) is 6.75. The zero-order valence-electron chi connectivity index (χ0n) is 10.9. The molecule has 0 saturated heterocycles. The molecule has 1 saturated carbocycles. The van der Waals surface area contributed by atoms with Gasteiger partial charge < -0.3 is 0 Å². The maximum Gasteiger partial charge on any atom is 0.212 e. The van der Waals surface area contributed by atoms with Gasteiger partial charge in [0.05, 0.1) is 5.75 Å². The maximum absolute atomic E-state index is 12.1. The first kappa shape index (κ1) is 15.0. The number of halogens is 1. The van der Waals surface area contributed by atoms with E-state index >= 15 is 0 Å². The van der Waals surface area contributed by atoms with Gasteiger partial charge in [-0.25, -0.2) is 13.1 Å². The van der Waals surface area contributed by atoms with E-state index in [1.165, 1.54) is 6.42 Å². The van der Waals surface area contributed by atoms with E-state index in [0.29, 0.717) is 6.42 Å². The van der Waals surface area contributed by atoms with E-state index in [9.17, 15) is 8.42 Å². The zero-order valence-corrected chi connectivity index (χ0v) is 13.3. The molecule has 2 rings (SSSR count). The molecule has 3 nitrogen and oxygen atoms in total. The zero-order chi connectivity index (χ0) is 13.7. The number of hydrogen-bond donors (Lipinski definition) is 1. The second-order valence-corrected chi connectivity index (χ2v) is 8.13. The fourth-order valence-corrected chi connectivity index (χ4v) is 4.67. The van der Waals surface area contributed by atoms with E-state index in [-0.39, 0.29) is 16.6 Å². The first-order valence-corrected chi connectivity index (χ1v) is 9.32. The van der Waals surface area contributed by atoms with Crippen molar-refractivity contribution < 1.29 is 8.42 Å². The largest absolute Gasteiger partial charge is 0.212 e. The first-order chi connectivity index (χ1) is 9.07. The summed E-state index contributed by atoms with van der Waals surface area (Å²) in [5.74, 6) is 0.160. The van der Waals surface area contributed by atoms with Crippen LogP contribution >= 0.6 is 15.9 Å². The van der Waals surface area contributed by atoms with Crippen LogP contribution in [0.25, 0.3) is 0 Å². The molecule has 0 heterocycles. The molecule has 0 radical (unpaired) electrons. The van der Waals surface area contributed by atoms with Gasteiger partial charge in [-0.05, 0) is 24.8 Å². The van der Waals surface area contributed by atoms with Gasteiger partial charge in [0.2, 0.25) is 10.0 Å². The molecule has 1 aromatic carbocycles. The van der Waals surface area contributed by atoms with Crippen molar-refractivity contribution in [2.75, 3.05) is 5.75 Å². The van der Waals surface area contributed by atoms with Crippen molar-refractivity contribution in [2.24, 2.45) is 0 Å². The molecule has 1 aromatic rings. The standard InChI is InChI=1S/C14H20BrNO2S/c15-13-8-4-5-9-14(13)16-19(17,18)11-10-12-6-2-1-3-7-12/h1-3,6-7,13-14,16H,4-5,8-11H2. The summed E-state index contributed by atoms with van der Waals surface area (Å²) < 4.78 is 27.0. The summed E-state index contributed by atoms with van der Waals surface area (Å²) in [6.45, 7) is 0. The quantitative estimate of drug-likeness (QED) is 0.834. The van der Waals surface area contributed by atoms with Crippen molar-refractivity contribution in [3.63, 3.8) is 0 Å². The van der Waals surface area contributed by atoms with Gasteiger partial charge in [-0.1, -0.05) is 59.1 Å². The predicted octanol–water partition coefficient (Wildman–Crippen LogP) is 2.85. The molecule has 1 N–H and O–H groups in total. The lowest BCUT2D eigenvalue weighted by Gasteiger charge is -2.27. The third kappa shape index (κ3) is 4.89. The SMILES string of the molecule is O=S(=O)(CCc1ccccc1)NC1CCCCC1Br. The van der Waals surface area contributed by atoms with Crippen molar-refractivity contribution >= 4 is 26.0 Å². The van der Waals surface area contributed by atoms with Crippen LogP contribution in [0.3, 0.4) is 0 Å². The van der Waals surface area contributed by atoms with Gasteiger partial charge >= 0.3 is 0 Å². The maximum atomic E-state index is 12.1. The van der Waals surface area contributed by atoms with Gasteiger partial charge in [0, 0.05) is 10.9 Å². The minimum atomic E-state index is -3.19. The van der Waals surface area contributed by atoms with Crippen LogP contribution in [0, 0.1) is 0 Å². The topological polar surface area (TPSA) is 46.2 Å². The summed E-state index contributed by atoms with van der Waals surface area (Å²) in [5, 5.41) is 0. The highest BCUT2D eigenvalue weighted by atomic mass is 79.9. The Morgan fingerprint density at radius 3 is 2.53 bits per heavy atom. The van der Waals surface area contributed by atoms with E-state index in [4.69, 9.17) is 0 Å². The molecule has 0 spiro atoms. The molecule has 106 valence electrons. The number of rotatable bonds is 5. The summed E-state index contributed by atoms with van der Waals surface area (Å²) in [7, 11) is -3.19. The molecule has 2 unspecified atom stereocenters. The van der Waals surface area contributed by atoms with E-state index in [0.717, 1.165) is 24.8 Å². The fourth-order valence-electron chi connectivity index (χ4n) is 2.40. The van der Waals surface area contributed by atoms with E-state index in [1.54, 1.807) is 0 Å². The van der Waals surface area contributed by atoms with E-state index in [2.05, 4.69) is 20.7 Å². The van der Waals surface area contributed by atoms with Crippen molar-refractivity contribution in [3.05, 3.63) is 35.9 Å². The van der Waals surface area contributed by atoms with Crippen molar-refractivity contribution in [2.45, 2.75) is 43.0 Å². The van der Waals surface area contributed by atoms with Crippen LogP contribution in [0.4, 0.5) is 0 Å². The molecule has 1 aliphatic carbocycles. The van der Waals surface area contributed by atoms with Gasteiger partial charge in [-0.2, -0.15) is 0 Å². The Hall–Kier alpha value is -0.390. The van der Waals surface area contributed by atoms with Gasteiger partial charge in [-0.3, -0.25) is 0 Å². The summed E-state index contributed by atoms with van der Waals surface area (Å²) in [5.41, 5.74) is 1.06. The van der Waals surface area contributed by atoms with Gasteiger partial charge in [0.25, 0.3) is 0 Å². The molecule has 5 heteroatoms. The van der Waals surface area contributed by atoms with Crippen molar-refractivity contribution in [3.8, 4) is 0 Å². The Bertz CT molecular complexity index is 489.